The van der Waals surface area contributed by atoms with E-state index in [4.69, 9.17) is 13.7 Å². The molecule has 136 valence electrons. The van der Waals surface area contributed by atoms with Crippen molar-refractivity contribution < 1.29 is 13.7 Å². The van der Waals surface area contributed by atoms with Crippen LogP contribution in [0.3, 0.4) is 0 Å². The molecule has 1 aliphatic rings. The van der Waals surface area contributed by atoms with Gasteiger partial charge in [-0.1, -0.05) is 5.16 Å². The Hall–Kier alpha value is -2.67. The summed E-state index contributed by atoms with van der Waals surface area (Å²) in [7, 11) is 3.66. The maximum atomic E-state index is 5.84. The normalized spacial score (nSPS) is 14.2. The average Bonchev–Trinajstić information content (AvgIpc) is 3.29. The molecule has 0 saturated heterocycles. The molecule has 1 fully saturated rings. The number of aromatic nitrogens is 3. The van der Waals surface area contributed by atoms with E-state index < -0.39 is 0 Å². The summed E-state index contributed by atoms with van der Waals surface area (Å²) in [4.78, 5) is 11.2. The summed E-state index contributed by atoms with van der Waals surface area (Å²) in [6.45, 7) is 3.20. The van der Waals surface area contributed by atoms with Crippen LogP contribution in [-0.2, 0) is 13.1 Å². The molecule has 0 aliphatic heterocycles. The fourth-order valence-electron chi connectivity index (χ4n) is 2.81. The Morgan fingerprint density at radius 3 is 2.62 bits per heavy atom. The number of hydrogen-bond acceptors (Lipinski definition) is 7. The van der Waals surface area contributed by atoms with Gasteiger partial charge in [-0.25, -0.2) is 4.98 Å². The summed E-state index contributed by atoms with van der Waals surface area (Å²) in [6, 6.07) is 7.68. The van der Waals surface area contributed by atoms with Crippen molar-refractivity contribution in [2.75, 3.05) is 14.2 Å². The molecule has 0 amide bonds. The molecule has 7 heteroatoms. The second-order valence-corrected chi connectivity index (χ2v) is 6.75. The summed E-state index contributed by atoms with van der Waals surface area (Å²) in [5, 5.41) is 4.07. The van der Waals surface area contributed by atoms with Crippen LogP contribution in [0.4, 0.5) is 0 Å². The molecule has 1 saturated carbocycles. The molecule has 0 atom stereocenters. The van der Waals surface area contributed by atoms with Gasteiger partial charge in [0.25, 0.3) is 0 Å². The van der Waals surface area contributed by atoms with Gasteiger partial charge in [-0.2, -0.15) is 4.98 Å². The van der Waals surface area contributed by atoms with E-state index in [9.17, 15) is 0 Å². The highest BCUT2D eigenvalue weighted by molar-refractivity contribution is 5.55. The minimum Gasteiger partial charge on any atom is -0.497 e. The molecule has 26 heavy (non-hydrogen) atoms. The van der Waals surface area contributed by atoms with E-state index in [0.717, 1.165) is 41.5 Å². The Kier molecular flexibility index (Phi) is 4.46. The molecular formula is C19H22N4O3. The summed E-state index contributed by atoms with van der Waals surface area (Å²) in [5.74, 6) is 4.20. The molecule has 1 aromatic carbocycles. The molecule has 4 rings (SSSR count). The van der Waals surface area contributed by atoms with Crippen LogP contribution in [0.1, 0.15) is 41.9 Å². The topological polar surface area (TPSA) is 77.4 Å². The van der Waals surface area contributed by atoms with Gasteiger partial charge in [0.2, 0.25) is 11.8 Å². The van der Waals surface area contributed by atoms with E-state index >= 15 is 0 Å². The second-order valence-electron chi connectivity index (χ2n) is 6.75. The summed E-state index contributed by atoms with van der Waals surface area (Å²) >= 11 is 0. The van der Waals surface area contributed by atoms with Crippen LogP contribution in [0, 0.1) is 6.92 Å². The van der Waals surface area contributed by atoms with Crippen molar-refractivity contribution in [3.63, 3.8) is 0 Å². The average molecular weight is 354 g/mol. The molecule has 2 heterocycles. The Morgan fingerprint density at radius 1 is 1.15 bits per heavy atom. The zero-order chi connectivity index (χ0) is 18.1. The first-order valence-corrected chi connectivity index (χ1v) is 8.74. The molecule has 2 aromatic heterocycles. The molecule has 0 spiro atoms. The fourth-order valence-corrected chi connectivity index (χ4v) is 2.81. The van der Waals surface area contributed by atoms with Crippen LogP contribution in [0.15, 0.2) is 33.2 Å². The Morgan fingerprint density at radius 2 is 1.92 bits per heavy atom. The predicted octanol–water partition coefficient (Wildman–Crippen LogP) is 3.55. The fraction of sp³-hybridized carbons (Fsp3) is 0.421. The van der Waals surface area contributed by atoms with Gasteiger partial charge in [0.15, 0.2) is 5.82 Å². The third-order valence-corrected chi connectivity index (χ3v) is 4.47. The second kappa shape index (κ2) is 6.92. The number of hydrogen-bond donors (Lipinski definition) is 0. The molecule has 0 bridgehead atoms. The highest BCUT2D eigenvalue weighted by atomic mass is 16.5. The molecule has 0 radical (unpaired) electrons. The van der Waals surface area contributed by atoms with Crippen LogP contribution in [0.25, 0.3) is 11.5 Å². The van der Waals surface area contributed by atoms with Crippen molar-refractivity contribution in [1.29, 1.82) is 0 Å². The van der Waals surface area contributed by atoms with Crippen LogP contribution < -0.4 is 4.74 Å². The van der Waals surface area contributed by atoms with Crippen molar-refractivity contribution in [3.05, 3.63) is 47.4 Å². The van der Waals surface area contributed by atoms with Gasteiger partial charge in [-0.05, 0) is 51.1 Å². The molecule has 3 aromatic rings. The standard InChI is InChI=1S/C19H22N4O3/c1-12-16(20-18(25-12)13-6-8-15(24-3)9-7-13)10-23(2)11-17-21-19(26-22-17)14-4-5-14/h6-9,14H,4-5,10-11H2,1-3H3. The lowest BCUT2D eigenvalue weighted by Gasteiger charge is -2.12. The molecule has 1 aliphatic carbocycles. The number of aryl methyl sites for hydroxylation is 1. The third kappa shape index (κ3) is 3.62. The first kappa shape index (κ1) is 16.8. The van der Waals surface area contributed by atoms with Crippen molar-refractivity contribution in [2.45, 2.75) is 38.8 Å². The maximum absolute atomic E-state index is 5.84. The first-order valence-electron chi connectivity index (χ1n) is 8.74. The largest absolute Gasteiger partial charge is 0.497 e. The van der Waals surface area contributed by atoms with Gasteiger partial charge in [0, 0.05) is 18.0 Å². The van der Waals surface area contributed by atoms with Gasteiger partial charge in [-0.3, -0.25) is 4.90 Å². The van der Waals surface area contributed by atoms with Crippen LogP contribution in [0.5, 0.6) is 5.75 Å². The minimum absolute atomic E-state index is 0.478. The van der Waals surface area contributed by atoms with Crippen molar-refractivity contribution >= 4 is 0 Å². The Bertz CT molecular complexity index is 881. The van der Waals surface area contributed by atoms with E-state index in [1.165, 1.54) is 0 Å². The van der Waals surface area contributed by atoms with E-state index in [2.05, 4.69) is 20.0 Å². The minimum atomic E-state index is 0.478. The van der Waals surface area contributed by atoms with Crippen LogP contribution in [-0.4, -0.2) is 34.2 Å². The molecular weight excluding hydrogens is 332 g/mol. The van der Waals surface area contributed by atoms with Gasteiger partial charge < -0.3 is 13.7 Å². The number of benzene rings is 1. The Labute approximate surface area is 152 Å². The van der Waals surface area contributed by atoms with E-state index in [1.54, 1.807) is 7.11 Å². The maximum Gasteiger partial charge on any atom is 0.229 e. The third-order valence-electron chi connectivity index (χ3n) is 4.47. The lowest BCUT2D eigenvalue weighted by atomic mass is 10.2. The molecule has 0 unspecified atom stereocenters. The quantitative estimate of drug-likeness (QED) is 0.642. The predicted molar refractivity (Wildman–Crippen MR) is 94.7 cm³/mol. The van der Waals surface area contributed by atoms with Crippen molar-refractivity contribution in [3.8, 4) is 17.2 Å². The molecule has 7 nitrogen and oxygen atoms in total. The lowest BCUT2D eigenvalue weighted by molar-refractivity contribution is 0.295. The number of methoxy groups -OCH3 is 1. The van der Waals surface area contributed by atoms with Crippen LogP contribution in [0.2, 0.25) is 0 Å². The summed E-state index contributed by atoms with van der Waals surface area (Å²) in [6.07, 6.45) is 2.31. The smallest absolute Gasteiger partial charge is 0.229 e. The monoisotopic (exact) mass is 354 g/mol. The summed E-state index contributed by atoms with van der Waals surface area (Å²) in [5.41, 5.74) is 1.83. The van der Waals surface area contributed by atoms with Gasteiger partial charge in [-0.15, -0.1) is 0 Å². The van der Waals surface area contributed by atoms with Gasteiger partial charge >= 0.3 is 0 Å². The molecule has 0 N–H and O–H groups in total. The highest BCUT2D eigenvalue weighted by Gasteiger charge is 2.29. The SMILES string of the molecule is COc1ccc(-c2nc(CN(C)Cc3noc(C4CC4)n3)c(C)o2)cc1. The van der Waals surface area contributed by atoms with E-state index in [0.29, 0.717) is 30.7 Å². The van der Waals surface area contributed by atoms with Crippen LogP contribution >= 0.6 is 0 Å². The van der Waals surface area contributed by atoms with E-state index in [1.807, 2.05) is 38.2 Å². The number of oxazole rings is 1. The van der Waals surface area contributed by atoms with Crippen molar-refractivity contribution in [2.24, 2.45) is 0 Å². The number of rotatable bonds is 7. The number of ether oxygens (including phenoxy) is 1. The van der Waals surface area contributed by atoms with Gasteiger partial charge in [0.1, 0.15) is 11.5 Å². The number of nitrogens with zero attached hydrogens (tertiary/aromatic N) is 4. The van der Waals surface area contributed by atoms with Crippen molar-refractivity contribution in [1.82, 2.24) is 20.0 Å². The van der Waals surface area contributed by atoms with Gasteiger partial charge in [0.05, 0.1) is 19.3 Å². The highest BCUT2D eigenvalue weighted by Crippen LogP contribution is 2.38. The summed E-state index contributed by atoms with van der Waals surface area (Å²) < 4.78 is 16.3. The zero-order valence-electron chi connectivity index (χ0n) is 15.2. The lowest BCUT2D eigenvalue weighted by Crippen LogP contribution is -2.18. The van der Waals surface area contributed by atoms with E-state index in [-0.39, 0.29) is 0 Å². The Balaban J connectivity index is 1.42. The zero-order valence-corrected chi connectivity index (χ0v) is 15.2. The first-order chi connectivity index (χ1) is 12.6.